The summed E-state index contributed by atoms with van der Waals surface area (Å²) in [5.74, 6) is 1.49. The summed E-state index contributed by atoms with van der Waals surface area (Å²) in [6, 6.07) is 15.6. The summed E-state index contributed by atoms with van der Waals surface area (Å²) in [7, 11) is 4.64. The molecular formula is C21H18N4O5. The van der Waals surface area contributed by atoms with Gasteiger partial charge in [0.25, 0.3) is 5.69 Å². The van der Waals surface area contributed by atoms with E-state index in [0.717, 1.165) is 16.6 Å². The van der Waals surface area contributed by atoms with Crippen LogP contribution in [0.2, 0.25) is 0 Å². The standard InChI is InChI=1S/C21H18N4O5/c1-28-19-11-16(12-20(29-2)21(19)30-3)24-18-10-14(6-9-17(18)22-23-24)13-4-7-15(8-5-13)25(26)27/h4-12H,1-3H3. The molecule has 0 spiro atoms. The van der Waals surface area contributed by atoms with Gasteiger partial charge in [-0.15, -0.1) is 5.10 Å². The number of nitrogens with zero attached hydrogens (tertiary/aromatic N) is 4. The first-order valence-electron chi connectivity index (χ1n) is 8.96. The first-order valence-corrected chi connectivity index (χ1v) is 8.96. The van der Waals surface area contributed by atoms with Crippen LogP contribution < -0.4 is 14.2 Å². The molecule has 9 nitrogen and oxygen atoms in total. The van der Waals surface area contributed by atoms with Gasteiger partial charge in [0.15, 0.2) is 11.5 Å². The smallest absolute Gasteiger partial charge is 0.269 e. The molecule has 0 amide bonds. The lowest BCUT2D eigenvalue weighted by molar-refractivity contribution is -0.384. The molecule has 1 heterocycles. The number of methoxy groups -OCH3 is 3. The maximum atomic E-state index is 10.9. The third-order valence-corrected chi connectivity index (χ3v) is 4.75. The lowest BCUT2D eigenvalue weighted by Crippen LogP contribution is -2.01. The number of non-ortho nitro benzene ring substituents is 1. The molecule has 0 aliphatic heterocycles. The van der Waals surface area contributed by atoms with Gasteiger partial charge in [-0.25, -0.2) is 4.68 Å². The van der Waals surface area contributed by atoms with Crippen LogP contribution in [0.4, 0.5) is 5.69 Å². The number of fused-ring (bicyclic) bond motifs is 1. The summed E-state index contributed by atoms with van der Waals surface area (Å²) in [4.78, 5) is 10.5. The number of aromatic nitrogens is 3. The Hall–Kier alpha value is -4.14. The third kappa shape index (κ3) is 3.26. The molecule has 9 heteroatoms. The summed E-state index contributed by atoms with van der Waals surface area (Å²) in [5.41, 5.74) is 3.93. The highest BCUT2D eigenvalue weighted by Crippen LogP contribution is 2.39. The Morgan fingerprint density at radius 3 is 2.07 bits per heavy atom. The van der Waals surface area contributed by atoms with Gasteiger partial charge in [-0.2, -0.15) is 0 Å². The molecule has 0 bridgehead atoms. The van der Waals surface area contributed by atoms with E-state index in [-0.39, 0.29) is 5.69 Å². The first kappa shape index (κ1) is 19.2. The van der Waals surface area contributed by atoms with Crippen LogP contribution in [0.5, 0.6) is 17.2 Å². The fourth-order valence-corrected chi connectivity index (χ4v) is 3.25. The molecule has 30 heavy (non-hydrogen) atoms. The highest BCUT2D eigenvalue weighted by molar-refractivity contribution is 5.83. The molecule has 152 valence electrons. The zero-order chi connectivity index (χ0) is 21.3. The Morgan fingerprint density at radius 1 is 0.867 bits per heavy atom. The van der Waals surface area contributed by atoms with Crippen LogP contribution in [-0.4, -0.2) is 41.2 Å². The minimum atomic E-state index is -0.420. The zero-order valence-electron chi connectivity index (χ0n) is 16.5. The number of hydrogen-bond acceptors (Lipinski definition) is 7. The van der Waals surface area contributed by atoms with E-state index in [1.807, 2.05) is 18.2 Å². The minimum Gasteiger partial charge on any atom is -0.493 e. The normalized spacial score (nSPS) is 10.8. The van der Waals surface area contributed by atoms with Gasteiger partial charge in [0, 0.05) is 24.3 Å². The molecular weight excluding hydrogens is 388 g/mol. The van der Waals surface area contributed by atoms with E-state index in [9.17, 15) is 10.1 Å². The van der Waals surface area contributed by atoms with E-state index < -0.39 is 4.92 Å². The third-order valence-electron chi connectivity index (χ3n) is 4.75. The van der Waals surface area contributed by atoms with Gasteiger partial charge in [-0.1, -0.05) is 11.3 Å². The highest BCUT2D eigenvalue weighted by Gasteiger charge is 2.17. The lowest BCUT2D eigenvalue weighted by Gasteiger charge is -2.14. The van der Waals surface area contributed by atoms with Gasteiger partial charge in [-0.3, -0.25) is 10.1 Å². The van der Waals surface area contributed by atoms with Crippen molar-refractivity contribution in [2.45, 2.75) is 0 Å². The highest BCUT2D eigenvalue weighted by atomic mass is 16.6. The first-order chi connectivity index (χ1) is 14.5. The van der Waals surface area contributed by atoms with Gasteiger partial charge in [0.05, 0.1) is 37.5 Å². The SMILES string of the molecule is COc1cc(-n2nnc3ccc(-c4ccc([N+](=O)[O-])cc4)cc32)cc(OC)c1OC. The van der Waals surface area contributed by atoms with Crippen molar-refractivity contribution in [3.8, 4) is 34.1 Å². The fraction of sp³-hybridized carbons (Fsp3) is 0.143. The summed E-state index contributed by atoms with van der Waals surface area (Å²) in [5, 5.41) is 19.4. The summed E-state index contributed by atoms with van der Waals surface area (Å²) >= 11 is 0. The number of benzene rings is 3. The van der Waals surface area contributed by atoms with Crippen LogP contribution in [0.25, 0.3) is 27.8 Å². The number of nitro benzene ring substituents is 1. The van der Waals surface area contributed by atoms with Crippen LogP contribution in [0, 0.1) is 10.1 Å². The average molecular weight is 406 g/mol. The van der Waals surface area contributed by atoms with Crippen molar-refractivity contribution in [1.82, 2.24) is 15.0 Å². The summed E-state index contributed by atoms with van der Waals surface area (Å²) < 4.78 is 17.9. The van der Waals surface area contributed by atoms with Crippen molar-refractivity contribution in [2.75, 3.05) is 21.3 Å². The molecule has 0 aliphatic rings. The van der Waals surface area contributed by atoms with Gasteiger partial charge in [0.1, 0.15) is 5.52 Å². The topological polar surface area (TPSA) is 102 Å². The predicted molar refractivity (Wildman–Crippen MR) is 111 cm³/mol. The van der Waals surface area contributed by atoms with Gasteiger partial charge < -0.3 is 14.2 Å². The number of hydrogen-bond donors (Lipinski definition) is 0. The molecule has 0 saturated heterocycles. The van der Waals surface area contributed by atoms with Crippen LogP contribution >= 0.6 is 0 Å². The molecule has 1 aromatic heterocycles. The monoisotopic (exact) mass is 406 g/mol. The van der Waals surface area contributed by atoms with Gasteiger partial charge in [0.2, 0.25) is 5.75 Å². The summed E-state index contributed by atoms with van der Waals surface area (Å²) in [6.07, 6.45) is 0. The Kier molecular flexibility index (Phi) is 4.93. The number of nitro groups is 1. The lowest BCUT2D eigenvalue weighted by atomic mass is 10.0. The molecule has 0 aliphatic carbocycles. The molecule has 0 atom stereocenters. The maximum Gasteiger partial charge on any atom is 0.269 e. The van der Waals surface area contributed by atoms with Crippen molar-refractivity contribution in [3.05, 3.63) is 64.7 Å². The van der Waals surface area contributed by atoms with Crippen LogP contribution in [0.1, 0.15) is 0 Å². The molecule has 3 aromatic carbocycles. The van der Waals surface area contributed by atoms with Crippen molar-refractivity contribution < 1.29 is 19.1 Å². The molecule has 0 saturated carbocycles. The molecule has 0 fully saturated rings. The zero-order valence-corrected chi connectivity index (χ0v) is 16.5. The second-order valence-electron chi connectivity index (χ2n) is 6.39. The Bertz CT molecular complexity index is 1210. The van der Waals surface area contributed by atoms with Crippen molar-refractivity contribution in [1.29, 1.82) is 0 Å². The van der Waals surface area contributed by atoms with Gasteiger partial charge >= 0.3 is 0 Å². The van der Waals surface area contributed by atoms with Crippen molar-refractivity contribution >= 4 is 16.7 Å². The van der Waals surface area contributed by atoms with Crippen molar-refractivity contribution in [2.24, 2.45) is 0 Å². The Labute approximate surface area is 171 Å². The molecule has 0 N–H and O–H groups in total. The van der Waals surface area contributed by atoms with E-state index in [1.54, 1.807) is 50.3 Å². The quantitative estimate of drug-likeness (QED) is 0.352. The predicted octanol–water partition coefficient (Wildman–Crippen LogP) is 4.02. The second-order valence-corrected chi connectivity index (χ2v) is 6.39. The van der Waals surface area contributed by atoms with E-state index in [2.05, 4.69) is 10.3 Å². The van der Waals surface area contributed by atoms with Gasteiger partial charge in [-0.05, 0) is 35.4 Å². The molecule has 0 radical (unpaired) electrons. The minimum absolute atomic E-state index is 0.0453. The van der Waals surface area contributed by atoms with Crippen LogP contribution in [-0.2, 0) is 0 Å². The van der Waals surface area contributed by atoms with Crippen molar-refractivity contribution in [3.63, 3.8) is 0 Å². The molecule has 4 aromatic rings. The largest absolute Gasteiger partial charge is 0.493 e. The molecule has 0 unspecified atom stereocenters. The van der Waals surface area contributed by atoms with Crippen LogP contribution in [0.15, 0.2) is 54.6 Å². The number of rotatable bonds is 6. The van der Waals surface area contributed by atoms with E-state index >= 15 is 0 Å². The Balaban J connectivity index is 1.83. The second kappa shape index (κ2) is 7.70. The summed E-state index contributed by atoms with van der Waals surface area (Å²) in [6.45, 7) is 0. The maximum absolute atomic E-state index is 10.9. The fourth-order valence-electron chi connectivity index (χ4n) is 3.25. The van der Waals surface area contributed by atoms with Crippen LogP contribution in [0.3, 0.4) is 0 Å². The molecule has 4 rings (SSSR count). The Morgan fingerprint density at radius 2 is 1.50 bits per heavy atom. The average Bonchev–Trinajstić information content (AvgIpc) is 3.21. The van der Waals surface area contributed by atoms with E-state index in [0.29, 0.717) is 28.5 Å². The van der Waals surface area contributed by atoms with E-state index in [4.69, 9.17) is 14.2 Å². The van der Waals surface area contributed by atoms with E-state index in [1.165, 1.54) is 12.1 Å². The number of ether oxygens (including phenoxy) is 3.